The van der Waals surface area contributed by atoms with E-state index in [1.54, 1.807) is 6.20 Å². The minimum absolute atomic E-state index is 0.450. The summed E-state index contributed by atoms with van der Waals surface area (Å²) in [6, 6.07) is 25.3. The lowest BCUT2D eigenvalue weighted by Gasteiger charge is -2.11. The van der Waals surface area contributed by atoms with Crippen LogP contribution in [0, 0.1) is 0 Å². The number of nitrogens with zero attached hydrogens (tertiary/aromatic N) is 3. The van der Waals surface area contributed by atoms with Gasteiger partial charge in [-0.2, -0.15) is 0 Å². The lowest BCUT2D eigenvalue weighted by molar-refractivity contribution is 0.466. The summed E-state index contributed by atoms with van der Waals surface area (Å²) in [7, 11) is 0. The van der Waals surface area contributed by atoms with Crippen molar-refractivity contribution in [3.05, 3.63) is 90.1 Å². The van der Waals surface area contributed by atoms with E-state index in [2.05, 4.69) is 15.2 Å². The molecule has 28 heavy (non-hydrogen) atoms. The molecule has 5 heteroatoms. The van der Waals surface area contributed by atoms with Crippen molar-refractivity contribution in [2.24, 2.45) is 0 Å². The molecule has 4 nitrogen and oxygen atoms in total. The largest absolute Gasteiger partial charge is 0.435 e. The molecule has 0 saturated carbocycles. The number of hydrogen-bond donors (Lipinski definition) is 0. The van der Waals surface area contributed by atoms with Crippen LogP contribution in [0.25, 0.3) is 32.9 Å². The van der Waals surface area contributed by atoms with Gasteiger partial charge in [0.2, 0.25) is 5.88 Å². The number of rotatable bonds is 3. The summed E-state index contributed by atoms with van der Waals surface area (Å²) in [4.78, 5) is 4.45. The van der Waals surface area contributed by atoms with Crippen molar-refractivity contribution < 1.29 is 4.74 Å². The van der Waals surface area contributed by atoms with Crippen LogP contribution in [-0.2, 0) is 0 Å². The summed E-state index contributed by atoms with van der Waals surface area (Å²) in [5.41, 5.74) is 2.53. The van der Waals surface area contributed by atoms with Crippen LogP contribution >= 0.6 is 11.6 Å². The fourth-order valence-electron chi connectivity index (χ4n) is 3.24. The molecular weight excluding hydrogens is 370 g/mol. The maximum Gasteiger partial charge on any atom is 0.246 e. The molecule has 0 bridgehead atoms. The molecule has 2 aromatic heterocycles. The SMILES string of the molecule is Clc1ccc(-c2nnc(Oc3cccc4cccnc34)c3ccccc23)cc1. The maximum absolute atomic E-state index is 6.16. The summed E-state index contributed by atoms with van der Waals surface area (Å²) in [6.07, 6.45) is 1.75. The van der Waals surface area contributed by atoms with Crippen molar-refractivity contribution in [1.29, 1.82) is 0 Å². The molecule has 0 atom stereocenters. The number of halogens is 1. The Hall–Kier alpha value is -3.50. The Balaban J connectivity index is 1.65. The van der Waals surface area contributed by atoms with Crippen LogP contribution in [0.4, 0.5) is 0 Å². The summed E-state index contributed by atoms with van der Waals surface area (Å²) in [6.45, 7) is 0. The number of benzene rings is 3. The van der Waals surface area contributed by atoms with Gasteiger partial charge in [0.25, 0.3) is 0 Å². The highest BCUT2D eigenvalue weighted by atomic mass is 35.5. The second-order valence-electron chi connectivity index (χ2n) is 6.34. The Morgan fingerprint density at radius 2 is 1.50 bits per heavy atom. The van der Waals surface area contributed by atoms with Crippen molar-refractivity contribution >= 4 is 33.3 Å². The van der Waals surface area contributed by atoms with Gasteiger partial charge < -0.3 is 4.74 Å². The van der Waals surface area contributed by atoms with Crippen molar-refractivity contribution in [3.63, 3.8) is 0 Å². The van der Waals surface area contributed by atoms with Crippen LogP contribution < -0.4 is 4.74 Å². The van der Waals surface area contributed by atoms with E-state index in [0.717, 1.165) is 32.9 Å². The van der Waals surface area contributed by atoms with Crippen LogP contribution in [0.15, 0.2) is 85.1 Å². The van der Waals surface area contributed by atoms with Gasteiger partial charge in [0.1, 0.15) is 11.2 Å². The Labute approximate surface area is 166 Å². The smallest absolute Gasteiger partial charge is 0.246 e. The van der Waals surface area contributed by atoms with Crippen molar-refractivity contribution in [3.8, 4) is 22.9 Å². The quantitative estimate of drug-likeness (QED) is 0.367. The number of aromatic nitrogens is 3. The highest BCUT2D eigenvalue weighted by Crippen LogP contribution is 2.35. The molecule has 3 aromatic carbocycles. The lowest BCUT2D eigenvalue weighted by Crippen LogP contribution is -1.96. The standard InChI is InChI=1S/C23H14ClN3O/c24-17-12-10-16(11-13-17)21-18-7-1-2-8-19(18)23(27-26-21)28-20-9-3-5-15-6-4-14-25-22(15)20/h1-14H. The Morgan fingerprint density at radius 1 is 0.714 bits per heavy atom. The number of hydrogen-bond acceptors (Lipinski definition) is 4. The first-order valence-corrected chi connectivity index (χ1v) is 9.20. The predicted octanol–water partition coefficient (Wildman–Crippen LogP) is 6.29. The van der Waals surface area contributed by atoms with Gasteiger partial charge in [0.05, 0.1) is 0 Å². The molecule has 0 unspecified atom stereocenters. The highest BCUT2D eigenvalue weighted by Gasteiger charge is 2.14. The fourth-order valence-corrected chi connectivity index (χ4v) is 3.36. The van der Waals surface area contributed by atoms with E-state index >= 15 is 0 Å². The zero-order chi connectivity index (χ0) is 18.9. The first kappa shape index (κ1) is 16.7. The van der Waals surface area contributed by atoms with Crippen molar-refractivity contribution in [2.45, 2.75) is 0 Å². The van der Waals surface area contributed by atoms with E-state index in [1.807, 2.05) is 78.9 Å². The van der Waals surface area contributed by atoms with E-state index in [9.17, 15) is 0 Å². The Kier molecular flexibility index (Phi) is 4.11. The second-order valence-corrected chi connectivity index (χ2v) is 6.78. The summed E-state index contributed by atoms with van der Waals surface area (Å²) in [5, 5.41) is 12.4. The zero-order valence-electron chi connectivity index (χ0n) is 14.7. The van der Waals surface area contributed by atoms with Gasteiger partial charge in [0.15, 0.2) is 5.75 Å². The summed E-state index contributed by atoms with van der Waals surface area (Å²) in [5.74, 6) is 1.10. The van der Waals surface area contributed by atoms with Crippen LogP contribution in [0.5, 0.6) is 11.6 Å². The maximum atomic E-state index is 6.16. The molecule has 5 aromatic rings. The van der Waals surface area contributed by atoms with Gasteiger partial charge in [0, 0.05) is 32.9 Å². The van der Waals surface area contributed by atoms with Gasteiger partial charge in [-0.1, -0.05) is 60.1 Å². The van der Waals surface area contributed by atoms with Gasteiger partial charge in [-0.25, -0.2) is 0 Å². The Morgan fingerprint density at radius 3 is 2.36 bits per heavy atom. The van der Waals surface area contributed by atoms with Crippen molar-refractivity contribution in [1.82, 2.24) is 15.2 Å². The summed E-state index contributed by atoms with van der Waals surface area (Å²) >= 11 is 6.02. The molecule has 0 aliphatic heterocycles. The monoisotopic (exact) mass is 383 g/mol. The molecule has 0 aliphatic rings. The van der Waals surface area contributed by atoms with E-state index in [1.165, 1.54) is 0 Å². The molecule has 5 rings (SSSR count). The fraction of sp³-hybridized carbons (Fsp3) is 0. The van der Waals surface area contributed by atoms with Crippen molar-refractivity contribution in [2.75, 3.05) is 0 Å². The van der Waals surface area contributed by atoms with Gasteiger partial charge in [-0.15, -0.1) is 10.2 Å². The molecule has 0 saturated heterocycles. The van der Waals surface area contributed by atoms with E-state index in [4.69, 9.17) is 16.3 Å². The predicted molar refractivity (Wildman–Crippen MR) is 112 cm³/mol. The first-order valence-electron chi connectivity index (χ1n) is 8.82. The number of para-hydroxylation sites is 1. The Bertz CT molecular complexity index is 1300. The number of fused-ring (bicyclic) bond motifs is 2. The molecule has 0 amide bonds. The summed E-state index contributed by atoms with van der Waals surface area (Å²) < 4.78 is 6.16. The van der Waals surface area contributed by atoms with Crippen LogP contribution in [0.3, 0.4) is 0 Å². The van der Waals surface area contributed by atoms with Gasteiger partial charge in [-0.05, 0) is 30.3 Å². The van der Waals surface area contributed by atoms with E-state index in [-0.39, 0.29) is 0 Å². The third-order valence-electron chi connectivity index (χ3n) is 4.57. The van der Waals surface area contributed by atoms with Crippen LogP contribution in [0.2, 0.25) is 5.02 Å². The van der Waals surface area contributed by atoms with Crippen LogP contribution in [0.1, 0.15) is 0 Å². The van der Waals surface area contributed by atoms with Crippen LogP contribution in [-0.4, -0.2) is 15.2 Å². The average Bonchev–Trinajstić information content (AvgIpc) is 2.75. The normalized spacial score (nSPS) is 11.0. The third-order valence-corrected chi connectivity index (χ3v) is 4.83. The molecule has 0 N–H and O–H groups in total. The van der Waals surface area contributed by atoms with Gasteiger partial charge in [-0.3, -0.25) is 4.98 Å². The molecule has 134 valence electrons. The molecule has 0 fully saturated rings. The number of pyridine rings is 1. The minimum Gasteiger partial charge on any atom is -0.435 e. The number of ether oxygens (including phenoxy) is 1. The van der Waals surface area contributed by atoms with E-state index < -0.39 is 0 Å². The molecule has 0 spiro atoms. The van der Waals surface area contributed by atoms with E-state index in [0.29, 0.717) is 16.7 Å². The van der Waals surface area contributed by atoms with Gasteiger partial charge >= 0.3 is 0 Å². The molecule has 0 radical (unpaired) electrons. The highest BCUT2D eigenvalue weighted by molar-refractivity contribution is 6.30. The lowest BCUT2D eigenvalue weighted by atomic mass is 10.1. The second kappa shape index (κ2) is 6.91. The molecular formula is C23H14ClN3O. The minimum atomic E-state index is 0.450. The molecule has 0 aliphatic carbocycles. The topological polar surface area (TPSA) is 47.9 Å². The molecule has 2 heterocycles. The zero-order valence-corrected chi connectivity index (χ0v) is 15.5. The third kappa shape index (κ3) is 2.94. The first-order chi connectivity index (χ1) is 13.8. The average molecular weight is 384 g/mol.